The summed E-state index contributed by atoms with van der Waals surface area (Å²) < 4.78 is 1.83. The summed E-state index contributed by atoms with van der Waals surface area (Å²) in [5.74, 6) is -0.0962. The van der Waals surface area contributed by atoms with Gasteiger partial charge in [0, 0.05) is 12.6 Å². The maximum Gasteiger partial charge on any atom is 0.337 e. The van der Waals surface area contributed by atoms with Crippen LogP contribution in [0.1, 0.15) is 21.7 Å². The second-order valence-corrected chi connectivity index (χ2v) is 4.32. The number of pyridine rings is 1. The third-order valence-corrected chi connectivity index (χ3v) is 3.08. The minimum Gasteiger partial charge on any atom is -0.478 e. The molecule has 0 fully saturated rings. The molecule has 1 N–H and O–H groups in total. The minimum absolute atomic E-state index is 0.273. The molecule has 0 aliphatic rings. The van der Waals surface area contributed by atoms with E-state index in [4.69, 9.17) is 5.11 Å². The molecule has 0 aliphatic carbocycles. The van der Waals surface area contributed by atoms with E-state index in [0.717, 1.165) is 11.4 Å². The van der Waals surface area contributed by atoms with Gasteiger partial charge in [0.05, 0.1) is 17.3 Å². The van der Waals surface area contributed by atoms with Crippen LogP contribution in [0.5, 0.6) is 0 Å². The monoisotopic (exact) mass is 252 g/mol. The van der Waals surface area contributed by atoms with E-state index in [0.29, 0.717) is 11.9 Å². The lowest BCUT2D eigenvalue weighted by Gasteiger charge is -2.03. The van der Waals surface area contributed by atoms with E-state index in [-0.39, 0.29) is 5.56 Å². The van der Waals surface area contributed by atoms with Crippen LogP contribution >= 0.6 is 0 Å². The van der Waals surface area contributed by atoms with Gasteiger partial charge >= 0.3 is 5.97 Å². The van der Waals surface area contributed by atoms with Gasteiger partial charge in [-0.05, 0) is 17.7 Å². The number of hydrogen-bond acceptors (Lipinski definition) is 2. The Kier molecular flexibility index (Phi) is 2.76. The predicted molar refractivity (Wildman–Crippen MR) is 71.4 cm³/mol. The third-order valence-electron chi connectivity index (χ3n) is 3.08. The lowest BCUT2D eigenvalue weighted by molar-refractivity contribution is 0.0698. The number of imidazole rings is 1. The number of carbonyl (C=O) groups is 1. The summed E-state index contributed by atoms with van der Waals surface area (Å²) in [5.41, 5.74) is 2.05. The van der Waals surface area contributed by atoms with Gasteiger partial charge in [-0.25, -0.2) is 9.78 Å². The van der Waals surface area contributed by atoms with Crippen LogP contribution in [-0.2, 0) is 6.42 Å². The predicted octanol–water partition coefficient (Wildman–Crippen LogP) is 2.62. The van der Waals surface area contributed by atoms with Gasteiger partial charge in [0.15, 0.2) is 0 Å². The molecule has 0 radical (unpaired) electrons. The zero-order valence-electron chi connectivity index (χ0n) is 10.2. The van der Waals surface area contributed by atoms with Crippen molar-refractivity contribution in [3.05, 3.63) is 71.8 Å². The lowest BCUT2D eigenvalue weighted by Crippen LogP contribution is -2.01. The van der Waals surface area contributed by atoms with Crippen LogP contribution in [0.2, 0.25) is 0 Å². The number of rotatable bonds is 3. The van der Waals surface area contributed by atoms with Crippen molar-refractivity contribution < 1.29 is 9.90 Å². The molecular weight excluding hydrogens is 240 g/mol. The number of aromatic carboxylic acids is 1. The molecule has 0 bridgehead atoms. The minimum atomic E-state index is -0.934. The maximum absolute atomic E-state index is 11.1. The van der Waals surface area contributed by atoms with Crippen LogP contribution in [0, 0.1) is 0 Å². The summed E-state index contributed by atoms with van der Waals surface area (Å²) >= 11 is 0. The van der Waals surface area contributed by atoms with Crippen molar-refractivity contribution in [3.8, 4) is 0 Å². The summed E-state index contributed by atoms with van der Waals surface area (Å²) in [4.78, 5) is 15.5. The Hall–Kier alpha value is -2.62. The first kappa shape index (κ1) is 11.5. The Morgan fingerprint density at radius 2 is 1.95 bits per heavy atom. The van der Waals surface area contributed by atoms with E-state index in [1.807, 2.05) is 40.9 Å². The molecule has 0 saturated heterocycles. The van der Waals surface area contributed by atoms with Crippen LogP contribution in [0.3, 0.4) is 0 Å². The molecule has 4 nitrogen and oxygen atoms in total. The molecule has 3 aromatic rings. The first-order chi connectivity index (χ1) is 9.25. The molecule has 0 amide bonds. The average Bonchev–Trinajstić information content (AvgIpc) is 2.83. The van der Waals surface area contributed by atoms with Crippen LogP contribution in [0.15, 0.2) is 54.9 Å². The number of nitrogens with zero attached hydrogens (tertiary/aromatic N) is 2. The van der Waals surface area contributed by atoms with Gasteiger partial charge in [0.1, 0.15) is 5.82 Å². The summed E-state index contributed by atoms with van der Waals surface area (Å²) in [6, 6.07) is 13.3. The van der Waals surface area contributed by atoms with Gasteiger partial charge in [0.2, 0.25) is 0 Å². The van der Waals surface area contributed by atoms with Gasteiger partial charge < -0.3 is 9.51 Å². The van der Waals surface area contributed by atoms with E-state index in [2.05, 4.69) is 4.98 Å². The molecule has 94 valence electrons. The molecular formula is C15H12N2O2. The Bertz CT molecular complexity index is 732. The molecule has 0 unspecified atom stereocenters. The Morgan fingerprint density at radius 1 is 1.16 bits per heavy atom. The first-order valence-corrected chi connectivity index (χ1v) is 5.98. The molecule has 4 heteroatoms. The first-order valence-electron chi connectivity index (χ1n) is 5.98. The lowest BCUT2D eigenvalue weighted by atomic mass is 10.1. The number of fused-ring (bicyclic) bond motifs is 1. The highest BCUT2D eigenvalue weighted by molar-refractivity contribution is 5.95. The van der Waals surface area contributed by atoms with E-state index in [1.54, 1.807) is 18.3 Å². The SMILES string of the molecule is O=C(O)c1cccn2c(Cc3ccccc3)ncc12. The summed E-state index contributed by atoms with van der Waals surface area (Å²) in [6.45, 7) is 0. The Morgan fingerprint density at radius 3 is 2.68 bits per heavy atom. The zero-order chi connectivity index (χ0) is 13.2. The number of hydrogen-bond donors (Lipinski definition) is 1. The summed E-state index contributed by atoms with van der Waals surface area (Å²) in [5, 5.41) is 9.14. The quantitative estimate of drug-likeness (QED) is 0.779. The highest BCUT2D eigenvalue weighted by Crippen LogP contribution is 2.15. The van der Waals surface area contributed by atoms with E-state index in [1.165, 1.54) is 0 Å². The fraction of sp³-hybridized carbons (Fsp3) is 0.0667. The van der Waals surface area contributed by atoms with Gasteiger partial charge in [-0.3, -0.25) is 0 Å². The van der Waals surface area contributed by atoms with Crippen molar-refractivity contribution in [1.29, 1.82) is 0 Å². The van der Waals surface area contributed by atoms with E-state index in [9.17, 15) is 4.79 Å². The standard InChI is InChI=1S/C15H12N2O2/c18-15(19)12-7-4-8-17-13(12)10-16-14(17)9-11-5-2-1-3-6-11/h1-8,10H,9H2,(H,18,19). The molecule has 0 aliphatic heterocycles. The highest BCUT2D eigenvalue weighted by atomic mass is 16.4. The van der Waals surface area contributed by atoms with E-state index >= 15 is 0 Å². The highest BCUT2D eigenvalue weighted by Gasteiger charge is 2.11. The fourth-order valence-corrected chi connectivity index (χ4v) is 2.17. The second kappa shape index (κ2) is 4.57. The Balaban J connectivity index is 2.07. The third kappa shape index (κ3) is 2.08. The zero-order valence-corrected chi connectivity index (χ0v) is 10.2. The van der Waals surface area contributed by atoms with E-state index < -0.39 is 5.97 Å². The normalized spacial score (nSPS) is 10.7. The summed E-state index contributed by atoms with van der Waals surface area (Å²) in [7, 11) is 0. The number of carboxylic acid groups (broad SMARTS) is 1. The van der Waals surface area contributed by atoms with Gasteiger partial charge in [-0.1, -0.05) is 30.3 Å². The topological polar surface area (TPSA) is 54.6 Å². The second-order valence-electron chi connectivity index (χ2n) is 4.32. The summed E-state index contributed by atoms with van der Waals surface area (Å²) in [6.07, 6.45) is 4.13. The molecule has 19 heavy (non-hydrogen) atoms. The molecule has 3 rings (SSSR count). The number of benzene rings is 1. The largest absolute Gasteiger partial charge is 0.478 e. The molecule has 0 saturated carbocycles. The Labute approximate surface area is 110 Å². The van der Waals surface area contributed by atoms with Crippen molar-refractivity contribution in [3.63, 3.8) is 0 Å². The van der Waals surface area contributed by atoms with Gasteiger partial charge in [-0.2, -0.15) is 0 Å². The van der Waals surface area contributed by atoms with Crippen LogP contribution < -0.4 is 0 Å². The number of carboxylic acids is 1. The van der Waals surface area contributed by atoms with Crippen molar-refractivity contribution in [2.75, 3.05) is 0 Å². The van der Waals surface area contributed by atoms with Crippen LogP contribution in [0.4, 0.5) is 0 Å². The molecule has 2 aromatic heterocycles. The van der Waals surface area contributed by atoms with Gasteiger partial charge in [-0.15, -0.1) is 0 Å². The van der Waals surface area contributed by atoms with Crippen LogP contribution in [-0.4, -0.2) is 20.5 Å². The molecule has 2 heterocycles. The smallest absolute Gasteiger partial charge is 0.337 e. The molecule has 0 spiro atoms. The van der Waals surface area contributed by atoms with Gasteiger partial charge in [0.25, 0.3) is 0 Å². The van der Waals surface area contributed by atoms with Crippen LogP contribution in [0.25, 0.3) is 5.52 Å². The van der Waals surface area contributed by atoms with Crippen molar-refractivity contribution >= 4 is 11.5 Å². The van der Waals surface area contributed by atoms with Crippen molar-refractivity contribution in [2.24, 2.45) is 0 Å². The molecule has 0 atom stereocenters. The van der Waals surface area contributed by atoms with Crippen molar-refractivity contribution in [1.82, 2.24) is 9.38 Å². The fourth-order valence-electron chi connectivity index (χ4n) is 2.17. The number of aromatic nitrogens is 2. The maximum atomic E-state index is 11.1. The molecule has 1 aromatic carbocycles. The average molecular weight is 252 g/mol. The van der Waals surface area contributed by atoms with Crippen molar-refractivity contribution in [2.45, 2.75) is 6.42 Å².